The summed E-state index contributed by atoms with van der Waals surface area (Å²) in [4.78, 5) is 8.95. The first kappa shape index (κ1) is 11.4. The zero-order valence-electron chi connectivity index (χ0n) is 7.58. The molecule has 1 aliphatic rings. The van der Waals surface area contributed by atoms with Gasteiger partial charge in [0.2, 0.25) is 0 Å². The first-order chi connectivity index (χ1) is 5.85. The highest BCUT2D eigenvalue weighted by molar-refractivity contribution is 5.36. The van der Waals surface area contributed by atoms with Crippen LogP contribution in [0.15, 0.2) is 0 Å². The molecule has 0 aliphatic carbocycles. The molecule has 1 unspecified atom stereocenters. The normalized spacial score (nSPS) is 22.0. The van der Waals surface area contributed by atoms with E-state index in [1.807, 2.05) is 0 Å². The molecule has 3 N–H and O–H groups in total. The van der Waals surface area contributed by atoms with Crippen molar-refractivity contribution in [1.29, 1.82) is 0 Å². The van der Waals surface area contributed by atoms with Crippen molar-refractivity contribution in [2.24, 2.45) is 11.7 Å². The third-order valence-corrected chi connectivity index (χ3v) is 1.83. The molecule has 0 amide bonds. The van der Waals surface area contributed by atoms with Gasteiger partial charge in [-0.15, -0.1) is 0 Å². The molecule has 0 aromatic rings. The van der Waals surface area contributed by atoms with Crippen LogP contribution in [0.2, 0.25) is 0 Å². The molecule has 1 heterocycles. The summed E-state index contributed by atoms with van der Waals surface area (Å²) in [7, 11) is 1.31. The van der Waals surface area contributed by atoms with E-state index in [2.05, 4.69) is 10.1 Å². The molecule has 4 heteroatoms. The first-order valence-electron chi connectivity index (χ1n) is 4.22. The maximum atomic E-state index is 8.95. The lowest BCUT2D eigenvalue weighted by atomic mass is 10.0. The third kappa shape index (κ3) is 6.12. The minimum Gasteiger partial charge on any atom is -0.471 e. The molecule has 1 aliphatic heterocycles. The number of ether oxygens (including phenoxy) is 1. The Labute approximate surface area is 73.5 Å². The van der Waals surface area contributed by atoms with Crippen LogP contribution in [0.1, 0.15) is 12.8 Å². The summed E-state index contributed by atoms with van der Waals surface area (Å²) in [6, 6.07) is 0. The van der Waals surface area contributed by atoms with Crippen LogP contribution in [0.3, 0.4) is 0 Å². The van der Waals surface area contributed by atoms with Crippen molar-refractivity contribution in [1.82, 2.24) is 5.32 Å². The van der Waals surface area contributed by atoms with Crippen molar-refractivity contribution < 1.29 is 9.53 Å². The molecule has 1 atom stereocenters. The van der Waals surface area contributed by atoms with Crippen molar-refractivity contribution >= 4 is 6.47 Å². The summed E-state index contributed by atoms with van der Waals surface area (Å²) >= 11 is 0. The number of carbonyl (C=O) groups is 1. The van der Waals surface area contributed by atoms with E-state index >= 15 is 0 Å². The largest absolute Gasteiger partial charge is 0.471 e. The fourth-order valence-electron chi connectivity index (χ4n) is 1.13. The van der Waals surface area contributed by atoms with Gasteiger partial charge in [-0.25, -0.2) is 0 Å². The zero-order valence-corrected chi connectivity index (χ0v) is 7.58. The van der Waals surface area contributed by atoms with Gasteiger partial charge in [0.1, 0.15) is 0 Å². The molecule has 1 fully saturated rings. The van der Waals surface area contributed by atoms with E-state index in [4.69, 9.17) is 10.5 Å². The number of rotatable bonds is 2. The molecule has 0 radical (unpaired) electrons. The SMILES string of the molecule is COC=O.NCC1CCCNC1. The maximum Gasteiger partial charge on any atom is 0.292 e. The van der Waals surface area contributed by atoms with E-state index in [0.717, 1.165) is 19.0 Å². The van der Waals surface area contributed by atoms with Crippen molar-refractivity contribution in [3.63, 3.8) is 0 Å². The number of methoxy groups -OCH3 is 1. The molecular formula is C8H18N2O2. The standard InChI is InChI=1S/C6H14N2.C2H4O2/c7-4-6-2-1-3-8-5-6;1-4-2-3/h6,8H,1-5,7H2;2H,1H3. The van der Waals surface area contributed by atoms with Gasteiger partial charge in [0.15, 0.2) is 0 Å². The van der Waals surface area contributed by atoms with Crippen LogP contribution in [0, 0.1) is 5.92 Å². The highest BCUT2D eigenvalue weighted by Gasteiger charge is 2.09. The van der Waals surface area contributed by atoms with Crippen molar-refractivity contribution in [3.05, 3.63) is 0 Å². The second kappa shape index (κ2) is 8.49. The lowest BCUT2D eigenvalue weighted by molar-refractivity contribution is -0.126. The van der Waals surface area contributed by atoms with Gasteiger partial charge in [0.25, 0.3) is 6.47 Å². The third-order valence-electron chi connectivity index (χ3n) is 1.83. The quantitative estimate of drug-likeness (QED) is 0.566. The van der Waals surface area contributed by atoms with Gasteiger partial charge in [0.05, 0.1) is 7.11 Å². The molecule has 0 bridgehead atoms. The highest BCUT2D eigenvalue weighted by Crippen LogP contribution is 2.06. The van der Waals surface area contributed by atoms with Crippen LogP contribution in [-0.4, -0.2) is 33.2 Å². The van der Waals surface area contributed by atoms with E-state index in [1.54, 1.807) is 0 Å². The summed E-state index contributed by atoms with van der Waals surface area (Å²) in [5.41, 5.74) is 5.46. The van der Waals surface area contributed by atoms with Crippen LogP contribution >= 0.6 is 0 Å². The predicted molar refractivity (Wildman–Crippen MR) is 47.7 cm³/mol. The molecule has 12 heavy (non-hydrogen) atoms. The Hall–Kier alpha value is -0.610. The predicted octanol–water partition coefficient (Wildman–Crippen LogP) is -0.266. The minimum absolute atomic E-state index is 0.375. The van der Waals surface area contributed by atoms with E-state index in [0.29, 0.717) is 6.47 Å². The number of hydrogen-bond donors (Lipinski definition) is 2. The van der Waals surface area contributed by atoms with Crippen molar-refractivity contribution in [3.8, 4) is 0 Å². The molecule has 0 aromatic heterocycles. The van der Waals surface area contributed by atoms with Gasteiger partial charge < -0.3 is 15.8 Å². The highest BCUT2D eigenvalue weighted by atomic mass is 16.5. The number of nitrogens with one attached hydrogen (secondary N) is 1. The number of carbonyl (C=O) groups excluding carboxylic acids is 1. The van der Waals surface area contributed by atoms with E-state index < -0.39 is 0 Å². The molecule has 72 valence electrons. The Balaban J connectivity index is 0.000000261. The molecular weight excluding hydrogens is 156 g/mol. The molecule has 1 rings (SSSR count). The Bertz CT molecular complexity index is 103. The summed E-state index contributed by atoms with van der Waals surface area (Å²) in [6.45, 7) is 3.56. The Morgan fingerprint density at radius 2 is 2.42 bits per heavy atom. The van der Waals surface area contributed by atoms with Crippen molar-refractivity contribution in [2.75, 3.05) is 26.7 Å². The van der Waals surface area contributed by atoms with E-state index in [-0.39, 0.29) is 0 Å². The van der Waals surface area contributed by atoms with Gasteiger partial charge in [-0.3, -0.25) is 4.79 Å². The van der Waals surface area contributed by atoms with Crippen molar-refractivity contribution in [2.45, 2.75) is 12.8 Å². The van der Waals surface area contributed by atoms with Gasteiger partial charge in [-0.05, 0) is 38.4 Å². The lowest BCUT2D eigenvalue weighted by Crippen LogP contribution is -2.33. The van der Waals surface area contributed by atoms with Gasteiger partial charge in [0, 0.05) is 0 Å². The van der Waals surface area contributed by atoms with E-state index in [1.165, 1.54) is 26.5 Å². The molecule has 0 aromatic carbocycles. The fourth-order valence-corrected chi connectivity index (χ4v) is 1.13. The van der Waals surface area contributed by atoms with Crippen LogP contribution in [0.4, 0.5) is 0 Å². The monoisotopic (exact) mass is 174 g/mol. The van der Waals surface area contributed by atoms with Gasteiger partial charge >= 0.3 is 0 Å². The van der Waals surface area contributed by atoms with Crippen LogP contribution in [0.25, 0.3) is 0 Å². The number of nitrogens with two attached hydrogens (primary N) is 1. The summed E-state index contributed by atoms with van der Waals surface area (Å²) in [5, 5.41) is 3.31. The molecule has 0 spiro atoms. The Kier molecular flexibility index (Phi) is 8.05. The fraction of sp³-hybridized carbons (Fsp3) is 0.875. The number of piperidine rings is 1. The summed E-state index contributed by atoms with van der Waals surface area (Å²) in [6.07, 6.45) is 2.63. The average Bonchev–Trinajstić information content (AvgIpc) is 2.19. The van der Waals surface area contributed by atoms with Crippen LogP contribution in [-0.2, 0) is 9.53 Å². The van der Waals surface area contributed by atoms with E-state index in [9.17, 15) is 0 Å². The lowest BCUT2D eigenvalue weighted by Gasteiger charge is -2.20. The van der Waals surface area contributed by atoms with Gasteiger partial charge in [-0.1, -0.05) is 0 Å². The minimum atomic E-state index is 0.375. The molecule has 0 saturated carbocycles. The van der Waals surface area contributed by atoms with Gasteiger partial charge in [-0.2, -0.15) is 0 Å². The molecule has 1 saturated heterocycles. The topological polar surface area (TPSA) is 64.3 Å². The Morgan fingerprint density at radius 1 is 1.75 bits per heavy atom. The summed E-state index contributed by atoms with van der Waals surface area (Å²) in [5.74, 6) is 0.753. The van der Waals surface area contributed by atoms with Crippen LogP contribution < -0.4 is 11.1 Å². The second-order valence-electron chi connectivity index (χ2n) is 2.78. The maximum absolute atomic E-state index is 8.95. The zero-order chi connectivity index (χ0) is 9.23. The number of hydrogen-bond acceptors (Lipinski definition) is 4. The Morgan fingerprint density at radius 3 is 2.67 bits per heavy atom. The average molecular weight is 174 g/mol. The smallest absolute Gasteiger partial charge is 0.292 e. The summed E-state index contributed by atoms with van der Waals surface area (Å²) < 4.78 is 3.86. The first-order valence-corrected chi connectivity index (χ1v) is 4.22. The molecule has 4 nitrogen and oxygen atoms in total. The second-order valence-corrected chi connectivity index (χ2v) is 2.78. The van der Waals surface area contributed by atoms with Crippen LogP contribution in [0.5, 0.6) is 0 Å².